The Morgan fingerprint density at radius 3 is 1.68 bits per heavy atom. The molecule has 11 nitrogen and oxygen atoms in total. The highest BCUT2D eigenvalue weighted by atomic mass is 16.5. The van der Waals surface area contributed by atoms with Crippen LogP contribution in [0.15, 0.2) is 60.7 Å². The maximum absolute atomic E-state index is 12.4. The molecule has 0 radical (unpaired) electrons. The van der Waals surface area contributed by atoms with Gasteiger partial charge in [0.05, 0.1) is 43.2 Å². The van der Waals surface area contributed by atoms with Crippen LogP contribution >= 0.6 is 0 Å². The molecule has 0 saturated heterocycles. The van der Waals surface area contributed by atoms with Crippen LogP contribution in [0.1, 0.15) is 82.7 Å². The smallest absolute Gasteiger partial charge is 0.252 e. The van der Waals surface area contributed by atoms with Crippen molar-refractivity contribution < 1.29 is 23.9 Å². The topological polar surface area (TPSA) is 153 Å². The predicted molar refractivity (Wildman–Crippen MR) is 189 cm³/mol. The van der Waals surface area contributed by atoms with Crippen molar-refractivity contribution in [2.75, 3.05) is 23.8 Å². The van der Waals surface area contributed by atoms with E-state index in [1.165, 1.54) is 0 Å². The van der Waals surface area contributed by atoms with E-state index in [9.17, 15) is 19.6 Å². The quantitative estimate of drug-likeness (QED) is 0.212. The average molecular weight is 677 g/mol. The van der Waals surface area contributed by atoms with Gasteiger partial charge in [0.25, 0.3) is 5.91 Å². The zero-order valence-corrected chi connectivity index (χ0v) is 27.4. The van der Waals surface area contributed by atoms with Gasteiger partial charge < -0.3 is 35.0 Å². The number of nitriles is 1. The van der Waals surface area contributed by atoms with E-state index in [-0.39, 0.29) is 31.1 Å². The van der Waals surface area contributed by atoms with E-state index in [0.29, 0.717) is 75.1 Å². The highest BCUT2D eigenvalue weighted by Crippen LogP contribution is 2.36. The first kappa shape index (κ1) is 34.7. The number of benzene rings is 2. The molecule has 260 valence electrons. The molecule has 0 unspecified atom stereocenters. The molecule has 4 aliphatic rings. The first-order valence-corrected chi connectivity index (χ1v) is 17.0. The fourth-order valence-electron chi connectivity index (χ4n) is 6.65. The van der Waals surface area contributed by atoms with Gasteiger partial charge in [-0.1, -0.05) is 68.1 Å². The Hall–Kier alpha value is -5.18. The number of hydrogen-bond acceptors (Lipinski definition) is 6. The van der Waals surface area contributed by atoms with Gasteiger partial charge >= 0.3 is 0 Å². The van der Waals surface area contributed by atoms with Crippen LogP contribution in [0.4, 0.5) is 11.6 Å². The normalized spacial score (nSPS) is 16.0. The van der Waals surface area contributed by atoms with Crippen molar-refractivity contribution in [3.05, 3.63) is 105 Å². The van der Waals surface area contributed by atoms with Gasteiger partial charge in [-0.2, -0.15) is 5.26 Å². The summed E-state index contributed by atoms with van der Waals surface area (Å²) in [5.74, 6) is 0.789. The number of hydrogen-bond donors (Lipinski definition) is 3. The molecule has 2 aromatic heterocycles. The fraction of sp³-hybridized carbons (Fsp3) is 0.385. The Kier molecular flexibility index (Phi) is 10.5. The number of primary amides is 1. The summed E-state index contributed by atoms with van der Waals surface area (Å²) in [5.41, 5.74) is 12.8. The van der Waals surface area contributed by atoms with E-state index >= 15 is 0 Å². The Morgan fingerprint density at radius 2 is 1.20 bits per heavy atom. The van der Waals surface area contributed by atoms with Crippen molar-refractivity contribution in [2.45, 2.75) is 72.3 Å². The first-order chi connectivity index (χ1) is 23.9. The third-order valence-electron chi connectivity index (χ3n) is 9.54. The lowest BCUT2D eigenvalue weighted by Crippen LogP contribution is -2.21. The number of aromatic nitrogens is 2. The van der Waals surface area contributed by atoms with Gasteiger partial charge in [-0.25, -0.2) is 0 Å². The van der Waals surface area contributed by atoms with Crippen LogP contribution in [0.5, 0.6) is 0 Å². The van der Waals surface area contributed by atoms with Crippen LogP contribution in [-0.2, 0) is 58.2 Å². The predicted octanol–water partition coefficient (Wildman–Crippen LogP) is 5.52. The summed E-state index contributed by atoms with van der Waals surface area (Å²) in [6, 6.07) is 22.3. The van der Waals surface area contributed by atoms with Crippen LogP contribution in [0.2, 0.25) is 0 Å². The maximum Gasteiger partial charge on any atom is 0.252 e. The Morgan fingerprint density at radius 1 is 0.740 bits per heavy atom. The molecule has 4 heterocycles. The van der Waals surface area contributed by atoms with E-state index in [0.717, 1.165) is 59.3 Å². The van der Waals surface area contributed by atoms with Crippen molar-refractivity contribution >= 4 is 29.4 Å². The van der Waals surface area contributed by atoms with Gasteiger partial charge in [-0.3, -0.25) is 14.4 Å². The van der Waals surface area contributed by atoms with Crippen LogP contribution < -0.4 is 16.4 Å². The molecule has 2 aliphatic heterocycles. The first-order valence-electron chi connectivity index (χ1n) is 17.0. The third-order valence-corrected chi connectivity index (χ3v) is 9.54. The van der Waals surface area contributed by atoms with Crippen LogP contribution in [0, 0.1) is 23.2 Å². The fourth-order valence-corrected chi connectivity index (χ4v) is 6.65. The van der Waals surface area contributed by atoms with Gasteiger partial charge in [0.2, 0.25) is 11.8 Å². The Bertz CT molecular complexity index is 1920. The van der Waals surface area contributed by atoms with E-state index in [1.807, 2.05) is 57.7 Å². The van der Waals surface area contributed by atoms with E-state index in [4.69, 9.17) is 15.2 Å². The van der Waals surface area contributed by atoms with Gasteiger partial charge in [0.1, 0.15) is 17.7 Å². The number of nitrogens with two attached hydrogens (primary N) is 1. The second kappa shape index (κ2) is 15.2. The molecular formula is C39H44N6O5. The van der Waals surface area contributed by atoms with Crippen molar-refractivity contribution in [2.24, 2.45) is 17.6 Å². The van der Waals surface area contributed by atoms with Crippen molar-refractivity contribution in [1.82, 2.24) is 9.13 Å². The summed E-state index contributed by atoms with van der Waals surface area (Å²) in [5, 5.41) is 15.6. The Labute approximate surface area is 292 Å². The zero-order chi connectivity index (χ0) is 33.9. The monoisotopic (exact) mass is 676 g/mol. The summed E-state index contributed by atoms with van der Waals surface area (Å²) >= 11 is 0. The molecule has 2 fully saturated rings. The molecule has 0 bridgehead atoms. The number of fused-ring (bicyclic) bond motifs is 2. The van der Waals surface area contributed by atoms with E-state index in [1.54, 1.807) is 0 Å². The van der Waals surface area contributed by atoms with Crippen LogP contribution in [-0.4, -0.2) is 40.1 Å². The van der Waals surface area contributed by atoms with E-state index < -0.39 is 5.91 Å². The number of carbonyl (C=O) groups is 3. The number of ether oxygens (including phenoxy) is 2. The Balaban J connectivity index is 0.000000170. The zero-order valence-electron chi connectivity index (χ0n) is 27.4. The number of nitrogens with zero attached hydrogens (tertiary/aromatic N) is 3. The maximum atomic E-state index is 12.4. The SMILES string of the molecule is C.N#Cc1c2c(n(Cc3ccccc3)c1NC(=O)C1CC1)COCC2.NC(=O)c1c2c(n(Cc3ccccc3)c1NC(=O)C1CC1)COCC2. The lowest BCUT2D eigenvalue weighted by Gasteiger charge is -2.17. The van der Waals surface area contributed by atoms with Crippen molar-refractivity contribution in [3.63, 3.8) is 0 Å². The number of carbonyl (C=O) groups excluding carboxylic acids is 3. The van der Waals surface area contributed by atoms with E-state index in [2.05, 4.69) is 28.8 Å². The number of anilines is 2. The molecule has 0 spiro atoms. The highest BCUT2D eigenvalue weighted by Gasteiger charge is 2.35. The molecule has 50 heavy (non-hydrogen) atoms. The summed E-state index contributed by atoms with van der Waals surface area (Å²) in [6.45, 7) is 3.25. The molecule has 3 amide bonds. The van der Waals surface area contributed by atoms with Gasteiger partial charge in [0, 0.05) is 30.6 Å². The standard InChI is InChI=1S/C19H21N3O3.C19H19N3O2.CH4/c20-17(23)16-14-8-9-25-11-15(14)22(10-12-4-2-1-3-5-12)18(16)21-19(24)13-6-7-13;20-10-16-15-8-9-24-12-17(15)22(11-13-4-2-1-3-5-13)18(16)21-19(23)14-6-7-14;/h1-5,13H,6-11H2,(H2,20,23)(H,21,24);1-5,14H,6-9,11-12H2,(H,21,23);1H4. The number of amides is 3. The summed E-state index contributed by atoms with van der Waals surface area (Å²) in [4.78, 5) is 36.8. The molecule has 11 heteroatoms. The molecule has 4 aromatic rings. The molecule has 4 N–H and O–H groups in total. The molecule has 2 aromatic carbocycles. The number of rotatable bonds is 9. The molecule has 2 saturated carbocycles. The lowest BCUT2D eigenvalue weighted by atomic mass is 10.1. The van der Waals surface area contributed by atoms with Crippen molar-refractivity contribution in [3.8, 4) is 6.07 Å². The minimum Gasteiger partial charge on any atom is -0.375 e. The van der Waals surface area contributed by atoms with Crippen LogP contribution in [0.25, 0.3) is 0 Å². The van der Waals surface area contributed by atoms with Crippen LogP contribution in [0.3, 0.4) is 0 Å². The lowest BCUT2D eigenvalue weighted by molar-refractivity contribution is -0.118. The van der Waals surface area contributed by atoms with Gasteiger partial charge in [-0.15, -0.1) is 0 Å². The summed E-state index contributed by atoms with van der Waals surface area (Å²) in [6.07, 6.45) is 5.03. The number of nitrogens with one attached hydrogen (secondary N) is 2. The third kappa shape index (κ3) is 7.37. The summed E-state index contributed by atoms with van der Waals surface area (Å²) in [7, 11) is 0. The average Bonchev–Trinajstić information content (AvgIpc) is 4.06. The molecular weight excluding hydrogens is 632 g/mol. The molecule has 2 aliphatic carbocycles. The van der Waals surface area contributed by atoms with Gasteiger partial charge in [0.15, 0.2) is 0 Å². The second-order valence-electron chi connectivity index (χ2n) is 13.0. The molecule has 8 rings (SSSR count). The molecule has 0 atom stereocenters. The summed E-state index contributed by atoms with van der Waals surface area (Å²) < 4.78 is 15.2. The minimum atomic E-state index is -0.504. The van der Waals surface area contributed by atoms with Gasteiger partial charge in [-0.05, 0) is 60.8 Å². The highest BCUT2D eigenvalue weighted by molar-refractivity contribution is 6.05. The van der Waals surface area contributed by atoms with Crippen molar-refractivity contribution in [1.29, 1.82) is 5.26 Å². The largest absolute Gasteiger partial charge is 0.375 e. The minimum absolute atomic E-state index is 0. The second-order valence-corrected chi connectivity index (χ2v) is 13.0.